The van der Waals surface area contributed by atoms with Crippen LogP contribution >= 0.6 is 0 Å². The van der Waals surface area contributed by atoms with Crippen LogP contribution in [0.25, 0.3) is 11.3 Å². The van der Waals surface area contributed by atoms with Crippen molar-refractivity contribution in [3.63, 3.8) is 0 Å². The van der Waals surface area contributed by atoms with Gasteiger partial charge in [0.25, 0.3) is 5.91 Å². The number of alkyl halides is 3. The van der Waals surface area contributed by atoms with Gasteiger partial charge in [0.15, 0.2) is 6.04 Å². The van der Waals surface area contributed by atoms with Crippen LogP contribution < -0.4 is 10.1 Å². The largest absolute Gasteiger partial charge is 0.491 e. The van der Waals surface area contributed by atoms with Crippen molar-refractivity contribution in [2.75, 3.05) is 13.2 Å². The lowest BCUT2D eigenvalue weighted by atomic mass is 9.92. The van der Waals surface area contributed by atoms with Crippen molar-refractivity contribution in [3.05, 3.63) is 65.4 Å². The predicted octanol–water partition coefficient (Wildman–Crippen LogP) is 2.67. The first-order valence-electron chi connectivity index (χ1n) is 12.4. The number of hydrogen-bond acceptors (Lipinski definition) is 6. The van der Waals surface area contributed by atoms with Gasteiger partial charge in [0.1, 0.15) is 30.3 Å². The second kappa shape index (κ2) is 9.03. The SMILES string of the molecule is Cn1cc(-c2ccc3c(n2)CC[C@]32NC(=O)N(CC(=O)N3Cc4cc(F)ccc4OC[C@H]3C(F)(F)F)C2=O)cn1. The van der Waals surface area contributed by atoms with Crippen molar-refractivity contribution >= 4 is 17.8 Å². The number of ether oxygens (including phenoxy) is 1. The quantitative estimate of drug-likeness (QED) is 0.391. The van der Waals surface area contributed by atoms with Crippen LogP contribution in [0.2, 0.25) is 0 Å². The van der Waals surface area contributed by atoms with Crippen molar-refractivity contribution in [2.45, 2.75) is 37.1 Å². The minimum absolute atomic E-state index is 0.0145. The molecule has 40 heavy (non-hydrogen) atoms. The standard InChI is InChI=1S/C26H22F4N6O4/c1-34-10-15(9-31-34)18-4-3-17-19(32-18)6-7-25(17)23(38)36(24(39)33-25)12-22(37)35-11-14-8-16(27)2-5-20(14)40-13-21(35)26(28,29)30/h2-5,8-10,21H,6-7,11-13H2,1H3,(H,33,39)/t21-,25-/m0/s1. The Kier molecular flexibility index (Phi) is 5.82. The lowest BCUT2D eigenvalue weighted by Crippen LogP contribution is -2.53. The second-order valence-electron chi connectivity index (χ2n) is 9.96. The molecule has 2 aromatic heterocycles. The highest BCUT2D eigenvalue weighted by atomic mass is 19.4. The summed E-state index contributed by atoms with van der Waals surface area (Å²) in [6.45, 7) is -2.47. The van der Waals surface area contributed by atoms with Crippen molar-refractivity contribution in [1.82, 2.24) is 29.9 Å². The zero-order valence-electron chi connectivity index (χ0n) is 21.0. The van der Waals surface area contributed by atoms with Gasteiger partial charge in [-0.3, -0.25) is 24.2 Å². The number of imide groups is 1. The van der Waals surface area contributed by atoms with Gasteiger partial charge in [0.2, 0.25) is 5.91 Å². The van der Waals surface area contributed by atoms with Gasteiger partial charge in [-0.2, -0.15) is 18.3 Å². The molecule has 10 nitrogen and oxygen atoms in total. The highest BCUT2D eigenvalue weighted by Gasteiger charge is 2.57. The lowest BCUT2D eigenvalue weighted by Gasteiger charge is -2.31. The van der Waals surface area contributed by atoms with E-state index in [4.69, 9.17) is 4.74 Å². The number of fused-ring (bicyclic) bond motifs is 3. The molecular weight excluding hydrogens is 536 g/mol. The maximum absolute atomic E-state index is 13.9. The van der Waals surface area contributed by atoms with Gasteiger partial charge in [-0.15, -0.1) is 0 Å². The van der Waals surface area contributed by atoms with Crippen LogP contribution in [0.5, 0.6) is 5.75 Å². The summed E-state index contributed by atoms with van der Waals surface area (Å²) in [6, 6.07) is 3.32. The van der Waals surface area contributed by atoms with Crippen molar-refractivity contribution in [1.29, 1.82) is 0 Å². The molecule has 0 unspecified atom stereocenters. The Labute approximate surface area is 224 Å². The number of carbonyl (C=O) groups excluding carboxylic acids is 3. The van der Waals surface area contributed by atoms with E-state index in [1.807, 2.05) is 0 Å². The predicted molar refractivity (Wildman–Crippen MR) is 129 cm³/mol. The van der Waals surface area contributed by atoms with Crippen LogP contribution in [0.15, 0.2) is 42.7 Å². The normalized spacial score (nSPS) is 22.2. The molecule has 3 aliphatic rings. The molecule has 1 N–H and O–H groups in total. The second-order valence-corrected chi connectivity index (χ2v) is 9.96. The maximum atomic E-state index is 13.9. The van der Waals surface area contributed by atoms with Gasteiger partial charge < -0.3 is 15.0 Å². The molecular formula is C26H22F4N6O4. The Balaban J connectivity index is 1.26. The number of carbonyl (C=O) groups is 3. The molecule has 6 rings (SSSR count). The molecule has 2 atom stereocenters. The van der Waals surface area contributed by atoms with Gasteiger partial charge in [-0.25, -0.2) is 9.18 Å². The molecule has 0 saturated carbocycles. The third kappa shape index (κ3) is 4.14. The molecule has 1 spiro atoms. The first-order valence-corrected chi connectivity index (χ1v) is 12.4. The van der Waals surface area contributed by atoms with Crippen LogP contribution in [-0.4, -0.2) is 67.8 Å². The third-order valence-corrected chi connectivity index (χ3v) is 7.47. The first-order chi connectivity index (χ1) is 19.0. The highest BCUT2D eigenvalue weighted by molar-refractivity contribution is 6.10. The van der Waals surface area contributed by atoms with E-state index in [0.717, 1.165) is 17.7 Å². The Morgan fingerprint density at radius 2 is 2.02 bits per heavy atom. The Morgan fingerprint density at radius 1 is 1.23 bits per heavy atom. The maximum Gasteiger partial charge on any atom is 0.412 e. The number of rotatable bonds is 3. The average molecular weight is 558 g/mol. The van der Waals surface area contributed by atoms with E-state index in [-0.39, 0.29) is 17.7 Å². The highest BCUT2D eigenvalue weighted by Crippen LogP contribution is 2.42. The molecule has 4 heterocycles. The number of hydrogen-bond donors (Lipinski definition) is 1. The molecule has 0 bridgehead atoms. The average Bonchev–Trinajstić information content (AvgIpc) is 3.51. The molecule has 14 heteroatoms. The Morgan fingerprint density at radius 3 is 2.75 bits per heavy atom. The van der Waals surface area contributed by atoms with E-state index in [1.165, 1.54) is 6.07 Å². The van der Waals surface area contributed by atoms with Crippen LogP contribution in [0.4, 0.5) is 22.4 Å². The van der Waals surface area contributed by atoms with E-state index >= 15 is 0 Å². The van der Waals surface area contributed by atoms with Crippen LogP contribution in [0.3, 0.4) is 0 Å². The number of urea groups is 1. The summed E-state index contributed by atoms with van der Waals surface area (Å²) < 4.78 is 62.5. The molecule has 1 aliphatic carbocycles. The summed E-state index contributed by atoms with van der Waals surface area (Å²) in [4.78, 5) is 45.6. The van der Waals surface area contributed by atoms with Crippen molar-refractivity contribution < 1.29 is 36.7 Å². The third-order valence-electron chi connectivity index (χ3n) is 7.47. The van der Waals surface area contributed by atoms with Gasteiger partial charge in [0.05, 0.1) is 18.4 Å². The number of halogens is 4. The minimum Gasteiger partial charge on any atom is -0.491 e. The van der Waals surface area contributed by atoms with Gasteiger partial charge in [-0.05, 0) is 37.1 Å². The van der Waals surface area contributed by atoms with E-state index in [2.05, 4.69) is 15.4 Å². The summed E-state index contributed by atoms with van der Waals surface area (Å²) in [6.07, 6.45) is -0.916. The molecule has 208 valence electrons. The number of aromatic nitrogens is 3. The number of nitrogens with one attached hydrogen (secondary N) is 1. The van der Waals surface area contributed by atoms with Gasteiger partial charge >= 0.3 is 12.2 Å². The number of aryl methyl sites for hydroxylation is 2. The summed E-state index contributed by atoms with van der Waals surface area (Å²) in [5.41, 5.74) is 1.01. The van der Waals surface area contributed by atoms with Gasteiger partial charge in [0, 0.05) is 35.6 Å². The summed E-state index contributed by atoms with van der Waals surface area (Å²) in [7, 11) is 1.76. The molecule has 3 aromatic rings. The Hall–Kier alpha value is -4.49. The zero-order chi connectivity index (χ0) is 28.4. The lowest BCUT2D eigenvalue weighted by molar-refractivity contribution is -0.195. The van der Waals surface area contributed by atoms with Crippen molar-refractivity contribution in [2.24, 2.45) is 7.05 Å². The van der Waals surface area contributed by atoms with E-state index < -0.39 is 61.1 Å². The number of amides is 4. The monoisotopic (exact) mass is 558 g/mol. The summed E-state index contributed by atoms with van der Waals surface area (Å²) >= 11 is 0. The number of benzene rings is 1. The topological polar surface area (TPSA) is 110 Å². The summed E-state index contributed by atoms with van der Waals surface area (Å²) in [5.74, 6) is -2.58. The summed E-state index contributed by atoms with van der Waals surface area (Å²) in [5, 5.41) is 6.77. The number of pyridine rings is 1. The van der Waals surface area contributed by atoms with Crippen molar-refractivity contribution in [3.8, 4) is 17.0 Å². The molecule has 1 fully saturated rings. The van der Waals surface area contributed by atoms with Gasteiger partial charge in [-0.1, -0.05) is 6.07 Å². The molecule has 2 aliphatic heterocycles. The fraction of sp³-hybridized carbons (Fsp3) is 0.346. The van der Waals surface area contributed by atoms with Crippen LogP contribution in [0, 0.1) is 5.82 Å². The molecule has 1 saturated heterocycles. The van der Waals surface area contributed by atoms with Crippen LogP contribution in [0.1, 0.15) is 23.2 Å². The smallest absolute Gasteiger partial charge is 0.412 e. The van der Waals surface area contributed by atoms with E-state index in [1.54, 1.807) is 36.3 Å². The molecule has 0 radical (unpaired) electrons. The van der Waals surface area contributed by atoms with Crippen LogP contribution in [-0.2, 0) is 35.1 Å². The van der Waals surface area contributed by atoms with E-state index in [0.29, 0.717) is 33.2 Å². The number of nitrogens with zero attached hydrogens (tertiary/aromatic N) is 5. The fourth-order valence-corrected chi connectivity index (χ4v) is 5.48. The fourth-order valence-electron chi connectivity index (χ4n) is 5.48. The minimum atomic E-state index is -4.88. The van der Waals surface area contributed by atoms with E-state index in [9.17, 15) is 31.9 Å². The Bertz CT molecular complexity index is 1560. The zero-order valence-corrected chi connectivity index (χ0v) is 21.0. The molecule has 1 aromatic carbocycles. The molecule has 4 amide bonds. The first kappa shape index (κ1) is 25.8.